The molecule has 0 aliphatic carbocycles. The third-order valence-corrected chi connectivity index (χ3v) is 2.62. The van der Waals surface area contributed by atoms with Gasteiger partial charge in [-0.1, -0.05) is 64.5 Å². The van der Waals surface area contributed by atoms with Crippen LogP contribution in [0, 0.1) is 6.92 Å². The van der Waals surface area contributed by atoms with E-state index >= 15 is 0 Å². The fourth-order valence-electron chi connectivity index (χ4n) is 1.67. The number of rotatable bonds is 6. The Morgan fingerprint density at radius 2 is 1.56 bits per heavy atom. The second kappa shape index (κ2) is 16.0. The summed E-state index contributed by atoms with van der Waals surface area (Å²) in [6, 6.07) is 8.67. The van der Waals surface area contributed by atoms with E-state index in [4.69, 9.17) is 0 Å². The molecule has 0 aliphatic heterocycles. The van der Waals surface area contributed by atoms with E-state index in [-0.39, 0.29) is 0 Å². The van der Waals surface area contributed by atoms with Crippen LogP contribution in [0.15, 0.2) is 36.9 Å². The van der Waals surface area contributed by atoms with Crippen molar-refractivity contribution < 1.29 is 0 Å². The van der Waals surface area contributed by atoms with Crippen molar-refractivity contribution in [2.24, 2.45) is 0 Å². The van der Waals surface area contributed by atoms with E-state index in [0.717, 1.165) is 6.42 Å². The summed E-state index contributed by atoms with van der Waals surface area (Å²) < 4.78 is 0. The van der Waals surface area contributed by atoms with Gasteiger partial charge in [0.25, 0.3) is 0 Å². The lowest BCUT2D eigenvalue weighted by atomic mass is 10.0. The SMILES string of the molecule is C=CCCCCCc1ccccc1C.CC.CC. The highest BCUT2D eigenvalue weighted by molar-refractivity contribution is 5.25. The number of hydrogen-bond donors (Lipinski definition) is 0. The molecule has 104 valence electrons. The number of hydrogen-bond acceptors (Lipinski definition) is 0. The highest BCUT2D eigenvalue weighted by Crippen LogP contribution is 2.11. The van der Waals surface area contributed by atoms with Gasteiger partial charge in [0.2, 0.25) is 0 Å². The van der Waals surface area contributed by atoms with E-state index in [1.807, 2.05) is 33.8 Å². The van der Waals surface area contributed by atoms with Crippen LogP contribution in [-0.4, -0.2) is 0 Å². The Labute approximate surface area is 115 Å². The first-order chi connectivity index (χ1) is 8.84. The fourth-order valence-corrected chi connectivity index (χ4v) is 1.67. The monoisotopic (exact) mass is 248 g/mol. The minimum Gasteiger partial charge on any atom is -0.103 e. The molecule has 0 heteroatoms. The van der Waals surface area contributed by atoms with Crippen molar-refractivity contribution in [3.63, 3.8) is 0 Å². The molecule has 0 saturated carbocycles. The average molecular weight is 248 g/mol. The third-order valence-electron chi connectivity index (χ3n) is 2.62. The molecule has 1 aromatic rings. The number of aryl methyl sites for hydroxylation is 2. The van der Waals surface area contributed by atoms with E-state index < -0.39 is 0 Å². The Morgan fingerprint density at radius 3 is 2.11 bits per heavy atom. The fraction of sp³-hybridized carbons (Fsp3) is 0.556. The molecule has 0 bridgehead atoms. The molecule has 0 atom stereocenters. The Balaban J connectivity index is 0. The van der Waals surface area contributed by atoms with Crippen molar-refractivity contribution in [1.29, 1.82) is 0 Å². The van der Waals surface area contributed by atoms with E-state index in [1.54, 1.807) is 0 Å². The van der Waals surface area contributed by atoms with Crippen LogP contribution < -0.4 is 0 Å². The molecule has 18 heavy (non-hydrogen) atoms. The van der Waals surface area contributed by atoms with Crippen molar-refractivity contribution in [3.8, 4) is 0 Å². The molecule has 0 aliphatic rings. The van der Waals surface area contributed by atoms with Crippen LogP contribution in [0.3, 0.4) is 0 Å². The average Bonchev–Trinajstić information content (AvgIpc) is 2.45. The summed E-state index contributed by atoms with van der Waals surface area (Å²) in [5.41, 5.74) is 2.93. The third kappa shape index (κ3) is 10.1. The molecular weight excluding hydrogens is 216 g/mol. The van der Waals surface area contributed by atoms with E-state index in [2.05, 4.69) is 37.8 Å². The molecule has 0 amide bonds. The van der Waals surface area contributed by atoms with E-state index in [0.29, 0.717) is 0 Å². The van der Waals surface area contributed by atoms with Gasteiger partial charge in [-0.05, 0) is 43.7 Å². The molecule has 0 saturated heterocycles. The molecule has 0 aromatic heterocycles. The maximum Gasteiger partial charge on any atom is -0.0276 e. The van der Waals surface area contributed by atoms with Crippen LogP contribution in [0.1, 0.15) is 64.5 Å². The number of allylic oxidation sites excluding steroid dienone is 1. The summed E-state index contributed by atoms with van der Waals surface area (Å²) in [5.74, 6) is 0. The minimum atomic E-state index is 1.16. The Kier molecular flexibility index (Phi) is 17.1. The first-order valence-corrected chi connectivity index (χ1v) is 7.50. The predicted molar refractivity (Wildman–Crippen MR) is 86.2 cm³/mol. The van der Waals surface area contributed by atoms with Gasteiger partial charge in [-0.3, -0.25) is 0 Å². The summed E-state index contributed by atoms with van der Waals surface area (Å²) in [5, 5.41) is 0. The standard InChI is InChI=1S/C14H20.2C2H6/c1-3-4-5-6-7-11-14-12-9-8-10-13(14)2;2*1-2/h3,8-10,12H,1,4-7,11H2,2H3;2*1-2H3. The van der Waals surface area contributed by atoms with Gasteiger partial charge in [0.15, 0.2) is 0 Å². The molecule has 0 heterocycles. The van der Waals surface area contributed by atoms with Crippen molar-refractivity contribution in [2.75, 3.05) is 0 Å². The van der Waals surface area contributed by atoms with Gasteiger partial charge in [0.05, 0.1) is 0 Å². The summed E-state index contributed by atoms with van der Waals surface area (Å²) >= 11 is 0. The zero-order valence-electron chi connectivity index (χ0n) is 13.1. The number of unbranched alkanes of at least 4 members (excludes halogenated alkanes) is 3. The molecule has 1 aromatic carbocycles. The molecule has 0 fully saturated rings. The van der Waals surface area contributed by atoms with E-state index in [1.165, 1.54) is 36.8 Å². The van der Waals surface area contributed by atoms with Crippen LogP contribution in [-0.2, 0) is 6.42 Å². The largest absolute Gasteiger partial charge is 0.103 e. The first kappa shape index (κ1) is 19.3. The van der Waals surface area contributed by atoms with Gasteiger partial charge in [-0.25, -0.2) is 0 Å². The van der Waals surface area contributed by atoms with Crippen molar-refractivity contribution in [1.82, 2.24) is 0 Å². The molecule has 1 rings (SSSR count). The Morgan fingerprint density at radius 1 is 0.944 bits per heavy atom. The van der Waals surface area contributed by atoms with Crippen molar-refractivity contribution >= 4 is 0 Å². The maximum absolute atomic E-state index is 3.73. The van der Waals surface area contributed by atoms with Crippen LogP contribution >= 0.6 is 0 Å². The second-order valence-corrected chi connectivity index (χ2v) is 3.81. The first-order valence-electron chi connectivity index (χ1n) is 7.50. The lowest BCUT2D eigenvalue weighted by Crippen LogP contribution is -1.89. The zero-order valence-corrected chi connectivity index (χ0v) is 13.1. The van der Waals surface area contributed by atoms with Crippen LogP contribution in [0.2, 0.25) is 0 Å². The molecule has 0 unspecified atom stereocenters. The highest BCUT2D eigenvalue weighted by atomic mass is 14.0. The number of benzene rings is 1. The zero-order chi connectivity index (χ0) is 14.2. The Hall–Kier alpha value is -1.04. The topological polar surface area (TPSA) is 0 Å². The van der Waals surface area contributed by atoms with Crippen LogP contribution in [0.4, 0.5) is 0 Å². The van der Waals surface area contributed by atoms with Crippen LogP contribution in [0.25, 0.3) is 0 Å². The van der Waals surface area contributed by atoms with Crippen LogP contribution in [0.5, 0.6) is 0 Å². The van der Waals surface area contributed by atoms with Gasteiger partial charge >= 0.3 is 0 Å². The van der Waals surface area contributed by atoms with Gasteiger partial charge in [0.1, 0.15) is 0 Å². The Bertz CT molecular complexity index is 273. The summed E-state index contributed by atoms with van der Waals surface area (Å²) in [4.78, 5) is 0. The molecule has 0 radical (unpaired) electrons. The van der Waals surface area contributed by atoms with E-state index in [9.17, 15) is 0 Å². The summed E-state index contributed by atoms with van der Waals surface area (Å²) in [6.45, 7) is 13.9. The molecule has 0 N–H and O–H groups in total. The summed E-state index contributed by atoms with van der Waals surface area (Å²) in [7, 11) is 0. The lowest BCUT2D eigenvalue weighted by Gasteiger charge is -2.04. The molecule has 0 spiro atoms. The lowest BCUT2D eigenvalue weighted by molar-refractivity contribution is 0.686. The molecule has 0 nitrogen and oxygen atoms in total. The quantitative estimate of drug-likeness (QED) is 0.407. The minimum absolute atomic E-state index is 1.16. The van der Waals surface area contributed by atoms with Gasteiger partial charge < -0.3 is 0 Å². The van der Waals surface area contributed by atoms with Crippen molar-refractivity contribution in [3.05, 3.63) is 48.0 Å². The smallest absolute Gasteiger partial charge is 0.0276 e. The summed E-state index contributed by atoms with van der Waals surface area (Å²) in [6.07, 6.45) is 8.31. The normalized spacial score (nSPS) is 8.50. The van der Waals surface area contributed by atoms with Crippen molar-refractivity contribution in [2.45, 2.75) is 66.7 Å². The second-order valence-electron chi connectivity index (χ2n) is 3.81. The molecular formula is C18H32. The van der Waals surface area contributed by atoms with Gasteiger partial charge in [0, 0.05) is 0 Å². The maximum atomic E-state index is 3.73. The van der Waals surface area contributed by atoms with Gasteiger partial charge in [-0.15, -0.1) is 6.58 Å². The van der Waals surface area contributed by atoms with Gasteiger partial charge in [-0.2, -0.15) is 0 Å². The predicted octanol–water partition coefficient (Wildman–Crippen LogP) is 6.34. The highest BCUT2D eigenvalue weighted by Gasteiger charge is 1.96.